The Labute approximate surface area is 109 Å². The molecule has 0 saturated carbocycles. The number of allylic oxidation sites excluding steroid dienone is 1. The van der Waals surface area contributed by atoms with Crippen LogP contribution in [0.4, 0.5) is 4.79 Å². The van der Waals surface area contributed by atoms with Gasteiger partial charge in [0.1, 0.15) is 0 Å². The number of hydrogen-bond donors (Lipinski definition) is 2. The number of carbonyl (C=O) groups excluding carboxylic acids is 1. The molecule has 18 heavy (non-hydrogen) atoms. The molecule has 1 aromatic carbocycles. The van der Waals surface area contributed by atoms with Crippen LogP contribution in [0, 0.1) is 12.8 Å². The first kappa shape index (κ1) is 14.3. The number of aryl methyl sites for hydroxylation is 1. The van der Waals surface area contributed by atoms with Gasteiger partial charge in [-0.05, 0) is 24.8 Å². The summed E-state index contributed by atoms with van der Waals surface area (Å²) in [6.07, 6.45) is 4.48. The molecule has 0 aliphatic heterocycles. The zero-order valence-corrected chi connectivity index (χ0v) is 11.4. The van der Waals surface area contributed by atoms with Crippen molar-refractivity contribution < 1.29 is 4.79 Å². The Morgan fingerprint density at radius 1 is 1.28 bits per heavy atom. The minimum absolute atomic E-state index is 0.154. The Hall–Kier alpha value is -1.77. The highest BCUT2D eigenvalue weighted by Crippen LogP contribution is 2.02. The van der Waals surface area contributed by atoms with Crippen molar-refractivity contribution in [3.63, 3.8) is 0 Å². The summed E-state index contributed by atoms with van der Waals surface area (Å²) in [5.74, 6) is 0.442. The summed E-state index contributed by atoms with van der Waals surface area (Å²) in [6, 6.07) is 8.20. The van der Waals surface area contributed by atoms with Crippen LogP contribution in [0.3, 0.4) is 0 Å². The third-order valence-corrected chi connectivity index (χ3v) is 2.52. The molecule has 3 heteroatoms. The fraction of sp³-hybridized carbons (Fsp3) is 0.400. The van der Waals surface area contributed by atoms with Crippen molar-refractivity contribution in [2.75, 3.05) is 6.54 Å². The van der Waals surface area contributed by atoms with Crippen molar-refractivity contribution in [1.82, 2.24) is 10.6 Å². The second-order valence-electron chi connectivity index (χ2n) is 4.74. The lowest BCUT2D eigenvalue weighted by Gasteiger charge is -2.05. The van der Waals surface area contributed by atoms with E-state index < -0.39 is 0 Å². The van der Waals surface area contributed by atoms with Gasteiger partial charge in [-0.1, -0.05) is 49.8 Å². The third kappa shape index (κ3) is 6.09. The summed E-state index contributed by atoms with van der Waals surface area (Å²) < 4.78 is 0. The number of nitrogens with one attached hydrogen (secondary N) is 2. The van der Waals surface area contributed by atoms with Gasteiger partial charge in [0.2, 0.25) is 0 Å². The largest absolute Gasteiger partial charge is 0.338 e. The van der Waals surface area contributed by atoms with Crippen molar-refractivity contribution >= 4 is 6.03 Å². The number of benzene rings is 1. The summed E-state index contributed by atoms with van der Waals surface area (Å²) in [6.45, 7) is 6.84. The van der Waals surface area contributed by atoms with Gasteiger partial charge in [-0.2, -0.15) is 0 Å². The molecule has 0 spiro atoms. The van der Waals surface area contributed by atoms with E-state index in [0.29, 0.717) is 12.5 Å². The predicted molar refractivity (Wildman–Crippen MR) is 75.4 cm³/mol. The van der Waals surface area contributed by atoms with Crippen LogP contribution in [-0.2, 0) is 6.42 Å². The van der Waals surface area contributed by atoms with Crippen molar-refractivity contribution in [1.29, 1.82) is 0 Å². The Bertz CT molecular complexity index is 393. The number of hydrogen-bond acceptors (Lipinski definition) is 1. The monoisotopic (exact) mass is 246 g/mol. The van der Waals surface area contributed by atoms with Gasteiger partial charge in [0.25, 0.3) is 0 Å². The molecule has 0 aliphatic carbocycles. The van der Waals surface area contributed by atoms with E-state index in [-0.39, 0.29) is 6.03 Å². The van der Waals surface area contributed by atoms with Crippen molar-refractivity contribution in [2.24, 2.45) is 5.92 Å². The van der Waals surface area contributed by atoms with E-state index in [0.717, 1.165) is 6.42 Å². The first-order valence-corrected chi connectivity index (χ1v) is 6.34. The van der Waals surface area contributed by atoms with Gasteiger partial charge < -0.3 is 10.6 Å². The number of urea groups is 1. The molecule has 0 unspecified atom stereocenters. The van der Waals surface area contributed by atoms with Crippen molar-refractivity contribution in [2.45, 2.75) is 27.2 Å². The van der Waals surface area contributed by atoms with E-state index in [2.05, 4.69) is 55.7 Å². The zero-order valence-electron chi connectivity index (χ0n) is 11.4. The Morgan fingerprint density at radius 2 is 1.94 bits per heavy atom. The van der Waals surface area contributed by atoms with Gasteiger partial charge in [0.05, 0.1) is 0 Å². The van der Waals surface area contributed by atoms with Crippen LogP contribution in [0.25, 0.3) is 0 Å². The lowest BCUT2D eigenvalue weighted by molar-refractivity contribution is 0.244. The first-order valence-electron chi connectivity index (χ1n) is 6.34. The van der Waals surface area contributed by atoms with E-state index in [1.54, 1.807) is 6.20 Å². The van der Waals surface area contributed by atoms with E-state index in [1.807, 2.05) is 6.08 Å². The van der Waals surface area contributed by atoms with E-state index >= 15 is 0 Å². The van der Waals surface area contributed by atoms with Gasteiger partial charge in [-0.15, -0.1) is 0 Å². The van der Waals surface area contributed by atoms with Crippen LogP contribution in [0.15, 0.2) is 36.5 Å². The van der Waals surface area contributed by atoms with E-state index in [1.165, 1.54) is 11.1 Å². The summed E-state index contributed by atoms with van der Waals surface area (Å²) >= 11 is 0. The molecule has 1 aromatic rings. The highest BCUT2D eigenvalue weighted by molar-refractivity contribution is 5.74. The second kappa shape index (κ2) is 7.54. The van der Waals surface area contributed by atoms with Crippen molar-refractivity contribution in [3.05, 3.63) is 47.7 Å². The van der Waals surface area contributed by atoms with E-state index in [4.69, 9.17) is 0 Å². The van der Waals surface area contributed by atoms with Gasteiger partial charge in [0, 0.05) is 12.7 Å². The summed E-state index contributed by atoms with van der Waals surface area (Å²) in [5.41, 5.74) is 2.49. The summed E-state index contributed by atoms with van der Waals surface area (Å²) in [7, 11) is 0. The van der Waals surface area contributed by atoms with Crippen LogP contribution in [0.1, 0.15) is 25.0 Å². The Kier molecular flexibility index (Phi) is 5.98. The maximum Gasteiger partial charge on any atom is 0.318 e. The standard InChI is InChI=1S/C15H22N2O/c1-12(2)8-10-16-15(18)17-11-9-14-6-4-13(3)5-7-14/h4-8,10,12H,9,11H2,1-3H3,(H2,16,17,18)/b10-8+. The summed E-state index contributed by atoms with van der Waals surface area (Å²) in [5, 5.41) is 5.50. The fourth-order valence-corrected chi connectivity index (χ4v) is 1.44. The highest BCUT2D eigenvalue weighted by Gasteiger charge is 1.97. The molecule has 3 nitrogen and oxygen atoms in total. The molecule has 0 bridgehead atoms. The molecule has 0 atom stereocenters. The lowest BCUT2D eigenvalue weighted by Crippen LogP contribution is -2.33. The molecule has 0 saturated heterocycles. The molecule has 2 amide bonds. The van der Waals surface area contributed by atoms with Gasteiger partial charge in [-0.25, -0.2) is 4.79 Å². The SMILES string of the molecule is Cc1ccc(CCNC(=O)N/C=C/C(C)C)cc1. The Morgan fingerprint density at radius 3 is 2.56 bits per heavy atom. The number of carbonyl (C=O) groups is 1. The second-order valence-corrected chi connectivity index (χ2v) is 4.74. The Balaban J connectivity index is 2.21. The number of amides is 2. The molecule has 2 N–H and O–H groups in total. The van der Waals surface area contributed by atoms with Crippen LogP contribution in [-0.4, -0.2) is 12.6 Å². The fourth-order valence-electron chi connectivity index (χ4n) is 1.44. The average molecular weight is 246 g/mol. The lowest BCUT2D eigenvalue weighted by atomic mass is 10.1. The smallest absolute Gasteiger partial charge is 0.318 e. The molecule has 98 valence electrons. The van der Waals surface area contributed by atoms with Gasteiger partial charge in [-0.3, -0.25) is 0 Å². The maximum atomic E-state index is 11.4. The van der Waals surface area contributed by atoms with E-state index in [9.17, 15) is 4.79 Å². The van der Waals surface area contributed by atoms with Crippen LogP contribution >= 0.6 is 0 Å². The topological polar surface area (TPSA) is 41.1 Å². The van der Waals surface area contributed by atoms with Crippen LogP contribution < -0.4 is 10.6 Å². The minimum atomic E-state index is -0.154. The first-order chi connectivity index (χ1) is 8.58. The third-order valence-electron chi connectivity index (χ3n) is 2.52. The molecular formula is C15H22N2O. The quantitative estimate of drug-likeness (QED) is 0.824. The highest BCUT2D eigenvalue weighted by atomic mass is 16.2. The average Bonchev–Trinajstić information content (AvgIpc) is 2.31. The normalized spacial score (nSPS) is 10.9. The summed E-state index contributed by atoms with van der Waals surface area (Å²) in [4.78, 5) is 11.4. The molecule has 0 heterocycles. The van der Waals surface area contributed by atoms with Crippen molar-refractivity contribution in [3.8, 4) is 0 Å². The molecule has 0 aliphatic rings. The minimum Gasteiger partial charge on any atom is -0.338 e. The zero-order chi connectivity index (χ0) is 13.4. The molecule has 1 rings (SSSR count). The van der Waals surface area contributed by atoms with Gasteiger partial charge >= 0.3 is 6.03 Å². The molecule has 0 fully saturated rings. The molecular weight excluding hydrogens is 224 g/mol. The van der Waals surface area contributed by atoms with Crippen LogP contribution in [0.5, 0.6) is 0 Å². The maximum absolute atomic E-state index is 11.4. The van der Waals surface area contributed by atoms with Crippen LogP contribution in [0.2, 0.25) is 0 Å². The molecule has 0 radical (unpaired) electrons. The van der Waals surface area contributed by atoms with Gasteiger partial charge in [0.15, 0.2) is 0 Å². The molecule has 0 aromatic heterocycles. The number of rotatable bonds is 5. The predicted octanol–water partition coefficient (Wildman–Crippen LogP) is 3.01.